The summed E-state index contributed by atoms with van der Waals surface area (Å²) in [4.78, 5) is 19.1. The maximum atomic E-state index is 11.1. The van der Waals surface area contributed by atoms with Crippen LogP contribution in [-0.2, 0) is 4.74 Å². The lowest BCUT2D eigenvalue weighted by Crippen LogP contribution is -2.08. The van der Waals surface area contributed by atoms with Crippen LogP contribution < -0.4 is 5.32 Å². The van der Waals surface area contributed by atoms with Gasteiger partial charge in [0.15, 0.2) is 5.03 Å². The Balaban J connectivity index is 2.90. The number of aryl methyl sites for hydroxylation is 1. The number of nitrogens with zero attached hydrogens (tertiary/aromatic N) is 3. The fourth-order valence-electron chi connectivity index (χ4n) is 1.54. The van der Waals surface area contributed by atoms with E-state index in [2.05, 4.69) is 15.3 Å². The Kier molecular flexibility index (Phi) is 7.24. The number of rotatable bonds is 9. The van der Waals surface area contributed by atoms with Crippen LogP contribution in [0.4, 0.5) is 11.6 Å². The van der Waals surface area contributed by atoms with Gasteiger partial charge in [0.1, 0.15) is 5.69 Å². The molecule has 0 unspecified atom stereocenters. The van der Waals surface area contributed by atoms with Crippen LogP contribution in [-0.4, -0.2) is 40.9 Å². The third-order valence-corrected chi connectivity index (χ3v) is 3.52. The van der Waals surface area contributed by atoms with E-state index in [1.807, 2.05) is 6.92 Å². The molecule has 0 spiro atoms. The lowest BCUT2D eigenvalue weighted by atomic mass is 10.4. The van der Waals surface area contributed by atoms with Crippen LogP contribution in [0.2, 0.25) is 0 Å². The summed E-state index contributed by atoms with van der Waals surface area (Å²) in [5.74, 6) is 1.17. The van der Waals surface area contributed by atoms with Gasteiger partial charge in [-0.05, 0) is 19.8 Å². The van der Waals surface area contributed by atoms with Gasteiger partial charge in [-0.1, -0.05) is 18.7 Å². The first kappa shape index (κ1) is 16.6. The van der Waals surface area contributed by atoms with Gasteiger partial charge in [-0.3, -0.25) is 10.1 Å². The highest BCUT2D eigenvalue weighted by Crippen LogP contribution is 2.30. The summed E-state index contributed by atoms with van der Waals surface area (Å²) >= 11 is 1.36. The molecule has 0 radical (unpaired) electrons. The maximum absolute atomic E-state index is 11.1. The maximum Gasteiger partial charge on any atom is 0.322 e. The molecule has 0 aliphatic rings. The standard InChI is InChI=1S/C12H20N4O3S/c1-4-6-13-12-14-9(2)10(16(17)18)11(15-12)20-8-5-7-19-3/h4-8H2,1-3H3,(H,13,14,15). The van der Waals surface area contributed by atoms with E-state index < -0.39 is 4.92 Å². The smallest absolute Gasteiger partial charge is 0.322 e. The topological polar surface area (TPSA) is 90.2 Å². The van der Waals surface area contributed by atoms with Crippen molar-refractivity contribution < 1.29 is 9.66 Å². The van der Waals surface area contributed by atoms with E-state index in [0.29, 0.717) is 23.3 Å². The van der Waals surface area contributed by atoms with E-state index in [-0.39, 0.29) is 5.69 Å². The second kappa shape index (κ2) is 8.70. The van der Waals surface area contributed by atoms with Crippen molar-refractivity contribution in [3.05, 3.63) is 15.8 Å². The minimum absolute atomic E-state index is 0.00512. The Morgan fingerprint density at radius 3 is 2.80 bits per heavy atom. The van der Waals surface area contributed by atoms with Gasteiger partial charge < -0.3 is 10.1 Å². The van der Waals surface area contributed by atoms with E-state index in [0.717, 1.165) is 25.1 Å². The Morgan fingerprint density at radius 2 is 2.20 bits per heavy atom. The normalized spacial score (nSPS) is 10.6. The molecule has 1 aromatic heterocycles. The van der Waals surface area contributed by atoms with E-state index in [1.165, 1.54) is 11.8 Å². The monoisotopic (exact) mass is 300 g/mol. The van der Waals surface area contributed by atoms with Crippen LogP contribution in [0, 0.1) is 17.0 Å². The molecule has 1 rings (SSSR count). The predicted molar refractivity (Wildman–Crippen MR) is 79.4 cm³/mol. The number of hydrogen-bond donors (Lipinski definition) is 1. The van der Waals surface area contributed by atoms with Gasteiger partial charge in [0.05, 0.1) is 4.92 Å². The molecule has 1 aromatic rings. The third kappa shape index (κ3) is 4.93. The summed E-state index contributed by atoms with van der Waals surface area (Å²) in [5, 5.41) is 14.6. The van der Waals surface area contributed by atoms with Crippen LogP contribution in [0.15, 0.2) is 5.03 Å². The molecule has 0 bridgehead atoms. The van der Waals surface area contributed by atoms with Crippen molar-refractivity contribution in [2.45, 2.75) is 31.7 Å². The Labute approximate surface area is 122 Å². The molecule has 112 valence electrons. The molecule has 0 saturated carbocycles. The van der Waals surface area contributed by atoms with Gasteiger partial charge in [-0.2, -0.15) is 4.98 Å². The second-order valence-corrected chi connectivity index (χ2v) is 5.25. The number of methoxy groups -OCH3 is 1. The van der Waals surface area contributed by atoms with Crippen molar-refractivity contribution in [3.63, 3.8) is 0 Å². The molecule has 7 nitrogen and oxygen atoms in total. The first-order chi connectivity index (χ1) is 9.60. The van der Waals surface area contributed by atoms with Crippen molar-refractivity contribution in [1.82, 2.24) is 9.97 Å². The van der Waals surface area contributed by atoms with Crippen molar-refractivity contribution in [2.75, 3.05) is 31.3 Å². The number of anilines is 1. The van der Waals surface area contributed by atoms with E-state index in [9.17, 15) is 10.1 Å². The zero-order valence-electron chi connectivity index (χ0n) is 12.0. The summed E-state index contributed by atoms with van der Waals surface area (Å²) < 4.78 is 4.97. The molecule has 0 aliphatic carbocycles. The molecule has 0 fully saturated rings. The van der Waals surface area contributed by atoms with Gasteiger partial charge in [-0.15, -0.1) is 0 Å². The average molecular weight is 300 g/mol. The largest absolute Gasteiger partial charge is 0.385 e. The fraction of sp³-hybridized carbons (Fsp3) is 0.667. The Morgan fingerprint density at radius 1 is 1.45 bits per heavy atom. The van der Waals surface area contributed by atoms with Crippen LogP contribution in [0.25, 0.3) is 0 Å². The summed E-state index contributed by atoms with van der Waals surface area (Å²) in [7, 11) is 1.63. The molecule has 0 atom stereocenters. The minimum Gasteiger partial charge on any atom is -0.385 e. The number of aromatic nitrogens is 2. The molecule has 1 N–H and O–H groups in total. The van der Waals surface area contributed by atoms with Gasteiger partial charge in [0.25, 0.3) is 0 Å². The number of nitrogens with one attached hydrogen (secondary N) is 1. The Hall–Kier alpha value is -1.41. The molecular weight excluding hydrogens is 280 g/mol. The first-order valence-electron chi connectivity index (χ1n) is 6.48. The summed E-state index contributed by atoms with van der Waals surface area (Å²) in [6.07, 6.45) is 1.76. The van der Waals surface area contributed by atoms with Gasteiger partial charge in [-0.25, -0.2) is 4.98 Å². The quantitative estimate of drug-likeness (QED) is 0.246. The van der Waals surface area contributed by atoms with Crippen LogP contribution in [0.3, 0.4) is 0 Å². The highest BCUT2D eigenvalue weighted by Gasteiger charge is 2.22. The summed E-state index contributed by atoms with van der Waals surface area (Å²) in [6, 6.07) is 0. The van der Waals surface area contributed by atoms with Crippen LogP contribution >= 0.6 is 11.8 Å². The van der Waals surface area contributed by atoms with E-state index in [1.54, 1.807) is 14.0 Å². The van der Waals surface area contributed by atoms with E-state index >= 15 is 0 Å². The van der Waals surface area contributed by atoms with Crippen molar-refractivity contribution >= 4 is 23.4 Å². The summed E-state index contributed by atoms with van der Waals surface area (Å²) in [5.41, 5.74) is 0.382. The molecule has 8 heteroatoms. The second-order valence-electron chi connectivity index (χ2n) is 4.17. The lowest BCUT2D eigenvalue weighted by Gasteiger charge is -2.08. The number of hydrogen-bond acceptors (Lipinski definition) is 7. The minimum atomic E-state index is -0.419. The molecule has 0 saturated heterocycles. The zero-order chi connectivity index (χ0) is 15.0. The zero-order valence-corrected chi connectivity index (χ0v) is 12.8. The predicted octanol–water partition coefficient (Wildman–Crippen LogP) is 2.64. The molecule has 20 heavy (non-hydrogen) atoms. The average Bonchev–Trinajstić information content (AvgIpc) is 2.40. The molecule has 1 heterocycles. The van der Waals surface area contributed by atoms with Crippen molar-refractivity contribution in [3.8, 4) is 0 Å². The molecule has 0 aromatic carbocycles. The Bertz CT molecular complexity index is 457. The molecular formula is C12H20N4O3S. The number of ether oxygens (including phenoxy) is 1. The number of thioether (sulfide) groups is 1. The lowest BCUT2D eigenvalue weighted by molar-refractivity contribution is -0.389. The van der Waals surface area contributed by atoms with Gasteiger partial charge in [0, 0.05) is 26.0 Å². The highest BCUT2D eigenvalue weighted by molar-refractivity contribution is 7.99. The highest BCUT2D eigenvalue weighted by atomic mass is 32.2. The van der Waals surface area contributed by atoms with Gasteiger partial charge in [0.2, 0.25) is 5.95 Å². The van der Waals surface area contributed by atoms with Crippen LogP contribution in [0.1, 0.15) is 25.5 Å². The van der Waals surface area contributed by atoms with Crippen molar-refractivity contribution in [1.29, 1.82) is 0 Å². The molecule has 0 amide bonds. The van der Waals surface area contributed by atoms with E-state index in [4.69, 9.17) is 4.74 Å². The number of nitro groups is 1. The SMILES string of the molecule is CCCNc1nc(C)c([N+](=O)[O-])c(SCCCOC)n1. The first-order valence-corrected chi connectivity index (χ1v) is 7.47. The van der Waals surface area contributed by atoms with Crippen LogP contribution in [0.5, 0.6) is 0 Å². The van der Waals surface area contributed by atoms with Gasteiger partial charge >= 0.3 is 5.69 Å². The van der Waals surface area contributed by atoms with Crippen molar-refractivity contribution in [2.24, 2.45) is 0 Å². The molecule has 0 aliphatic heterocycles. The third-order valence-electron chi connectivity index (χ3n) is 2.47. The fourth-order valence-corrected chi connectivity index (χ4v) is 2.51. The summed E-state index contributed by atoms with van der Waals surface area (Å²) in [6.45, 7) is 5.04.